The first-order valence-corrected chi connectivity index (χ1v) is 13.4. The summed E-state index contributed by atoms with van der Waals surface area (Å²) < 4.78 is 34.0. The predicted molar refractivity (Wildman–Crippen MR) is 132 cm³/mol. The van der Waals surface area contributed by atoms with Gasteiger partial charge in [-0.3, -0.25) is 4.79 Å². The lowest BCUT2D eigenvalue weighted by Crippen LogP contribution is -2.62. The molecule has 0 aliphatic carbocycles. The van der Waals surface area contributed by atoms with E-state index in [1.165, 1.54) is 4.31 Å². The Morgan fingerprint density at radius 1 is 0.914 bits per heavy atom. The van der Waals surface area contributed by atoms with Crippen LogP contribution in [0.15, 0.2) is 65.6 Å². The second kappa shape index (κ2) is 9.99. The predicted octanol–water partition coefficient (Wildman–Crippen LogP) is 3.56. The monoisotopic (exact) mass is 499 g/mol. The van der Waals surface area contributed by atoms with Crippen LogP contribution in [0.5, 0.6) is 0 Å². The molecular formula is C26H33N3O5S. The Kier molecular flexibility index (Phi) is 7.19. The van der Waals surface area contributed by atoms with E-state index in [9.17, 15) is 18.0 Å². The van der Waals surface area contributed by atoms with E-state index in [0.29, 0.717) is 25.9 Å². The summed E-state index contributed by atoms with van der Waals surface area (Å²) in [5.74, 6) is -0.650. The molecule has 0 aromatic heterocycles. The Morgan fingerprint density at radius 3 is 2.11 bits per heavy atom. The number of nitrogens with one attached hydrogen (secondary N) is 1. The van der Waals surface area contributed by atoms with Gasteiger partial charge in [0, 0.05) is 19.6 Å². The van der Waals surface area contributed by atoms with Crippen molar-refractivity contribution in [3.63, 3.8) is 0 Å². The first-order valence-electron chi connectivity index (χ1n) is 11.9. The molecule has 4 rings (SSSR count). The first kappa shape index (κ1) is 25.2. The molecule has 2 aromatic rings. The molecule has 0 unspecified atom stereocenters. The highest BCUT2D eigenvalue weighted by Gasteiger charge is 2.41. The molecule has 1 N–H and O–H groups in total. The van der Waals surface area contributed by atoms with Gasteiger partial charge in [0.25, 0.3) is 0 Å². The third-order valence-electron chi connectivity index (χ3n) is 6.32. The van der Waals surface area contributed by atoms with Gasteiger partial charge in [0.05, 0.1) is 22.9 Å². The largest absolute Gasteiger partial charge is 0.444 e. The van der Waals surface area contributed by atoms with Gasteiger partial charge in [-0.05, 0) is 51.3 Å². The normalized spacial score (nSPS) is 21.7. The SMILES string of the molecule is CC(C)(C)OC(=O)N1CC(NC(=O)[C@@H]2CC[C@H](c3ccccc3)N(S(=O)(=O)c3ccccc3)C2)C1. The minimum Gasteiger partial charge on any atom is -0.444 e. The molecule has 2 amide bonds. The third kappa shape index (κ3) is 5.85. The molecule has 2 fully saturated rings. The highest BCUT2D eigenvalue weighted by Crippen LogP contribution is 2.37. The smallest absolute Gasteiger partial charge is 0.410 e. The van der Waals surface area contributed by atoms with Gasteiger partial charge in [-0.25, -0.2) is 13.2 Å². The maximum atomic E-state index is 13.6. The van der Waals surface area contributed by atoms with Gasteiger partial charge in [0.15, 0.2) is 0 Å². The Balaban J connectivity index is 1.44. The van der Waals surface area contributed by atoms with Gasteiger partial charge in [-0.2, -0.15) is 4.31 Å². The van der Waals surface area contributed by atoms with Crippen LogP contribution in [-0.2, 0) is 19.6 Å². The summed E-state index contributed by atoms with van der Waals surface area (Å²) in [5.41, 5.74) is 0.342. The van der Waals surface area contributed by atoms with Crippen LogP contribution in [0.25, 0.3) is 0 Å². The van der Waals surface area contributed by atoms with Crippen molar-refractivity contribution in [2.45, 2.75) is 56.2 Å². The molecule has 188 valence electrons. The Labute approximate surface area is 207 Å². The van der Waals surface area contributed by atoms with Gasteiger partial charge in [-0.15, -0.1) is 0 Å². The van der Waals surface area contributed by atoms with E-state index in [1.807, 2.05) is 51.1 Å². The van der Waals surface area contributed by atoms with E-state index in [2.05, 4.69) is 5.32 Å². The lowest BCUT2D eigenvalue weighted by molar-refractivity contribution is -0.128. The number of likely N-dealkylation sites (tertiary alicyclic amines) is 1. The number of carbonyl (C=O) groups is 2. The number of benzene rings is 2. The summed E-state index contributed by atoms with van der Waals surface area (Å²) in [6.45, 7) is 6.30. The van der Waals surface area contributed by atoms with Crippen LogP contribution in [0.4, 0.5) is 4.79 Å². The number of hydrogen-bond acceptors (Lipinski definition) is 5. The van der Waals surface area contributed by atoms with Gasteiger partial charge in [0.1, 0.15) is 5.60 Å². The number of amides is 2. The zero-order valence-corrected chi connectivity index (χ0v) is 21.2. The first-order chi connectivity index (χ1) is 16.5. The molecule has 2 aliphatic rings. The molecule has 2 heterocycles. The summed E-state index contributed by atoms with van der Waals surface area (Å²) in [7, 11) is -3.80. The zero-order valence-electron chi connectivity index (χ0n) is 20.4. The molecule has 0 spiro atoms. The van der Waals surface area contributed by atoms with E-state index in [4.69, 9.17) is 4.74 Å². The third-order valence-corrected chi connectivity index (χ3v) is 8.21. The standard InChI is InChI=1S/C26H33N3O5S/c1-26(2,3)34-25(31)28-17-21(18-28)27-24(30)20-14-15-23(19-10-6-4-7-11-19)29(16-20)35(32,33)22-12-8-5-9-13-22/h4-13,20-21,23H,14-18H2,1-3H3,(H,27,30)/t20-,23-/m1/s1. The van der Waals surface area contributed by atoms with Crippen LogP contribution in [-0.4, -0.2) is 60.9 Å². The lowest BCUT2D eigenvalue weighted by Gasteiger charge is -2.42. The van der Waals surface area contributed by atoms with Crippen molar-refractivity contribution in [1.82, 2.24) is 14.5 Å². The number of sulfonamides is 1. The van der Waals surface area contributed by atoms with Crippen LogP contribution in [0.1, 0.15) is 45.2 Å². The lowest BCUT2D eigenvalue weighted by atomic mass is 9.90. The molecule has 0 saturated carbocycles. The van der Waals surface area contributed by atoms with Crippen molar-refractivity contribution >= 4 is 22.0 Å². The second-order valence-electron chi connectivity index (χ2n) is 10.2. The quantitative estimate of drug-likeness (QED) is 0.679. The number of rotatable bonds is 5. The molecule has 0 radical (unpaired) electrons. The van der Waals surface area contributed by atoms with Crippen molar-refractivity contribution in [3.8, 4) is 0 Å². The van der Waals surface area contributed by atoms with Crippen LogP contribution >= 0.6 is 0 Å². The van der Waals surface area contributed by atoms with Gasteiger partial charge < -0.3 is 15.0 Å². The van der Waals surface area contributed by atoms with Crippen LogP contribution in [0.3, 0.4) is 0 Å². The Morgan fingerprint density at radius 2 is 1.51 bits per heavy atom. The van der Waals surface area contributed by atoms with Crippen molar-refractivity contribution in [1.29, 1.82) is 0 Å². The average Bonchev–Trinajstić information content (AvgIpc) is 2.80. The number of hydrogen-bond donors (Lipinski definition) is 1. The van der Waals surface area contributed by atoms with E-state index in [1.54, 1.807) is 35.2 Å². The van der Waals surface area contributed by atoms with E-state index in [-0.39, 0.29) is 29.4 Å². The number of piperidine rings is 1. The zero-order chi connectivity index (χ0) is 25.2. The van der Waals surface area contributed by atoms with E-state index < -0.39 is 27.6 Å². The van der Waals surface area contributed by atoms with Crippen molar-refractivity contribution < 1.29 is 22.7 Å². The molecule has 35 heavy (non-hydrogen) atoms. The number of carbonyl (C=O) groups excluding carboxylic acids is 2. The Bertz CT molecular complexity index is 1140. The molecule has 8 nitrogen and oxygen atoms in total. The molecule has 2 atom stereocenters. The molecule has 9 heteroatoms. The van der Waals surface area contributed by atoms with Crippen molar-refractivity contribution in [2.75, 3.05) is 19.6 Å². The minimum atomic E-state index is -3.80. The fourth-order valence-electron chi connectivity index (χ4n) is 4.52. The fourth-order valence-corrected chi connectivity index (χ4v) is 6.23. The maximum absolute atomic E-state index is 13.6. The second-order valence-corrected chi connectivity index (χ2v) is 12.1. The molecular weight excluding hydrogens is 466 g/mol. The van der Waals surface area contributed by atoms with Gasteiger partial charge in [-0.1, -0.05) is 48.5 Å². The molecule has 2 aromatic carbocycles. The highest BCUT2D eigenvalue weighted by atomic mass is 32.2. The van der Waals surface area contributed by atoms with Crippen LogP contribution < -0.4 is 5.32 Å². The van der Waals surface area contributed by atoms with E-state index in [0.717, 1.165) is 5.56 Å². The highest BCUT2D eigenvalue weighted by molar-refractivity contribution is 7.89. The summed E-state index contributed by atoms with van der Waals surface area (Å²) in [4.78, 5) is 27.0. The van der Waals surface area contributed by atoms with E-state index >= 15 is 0 Å². The van der Waals surface area contributed by atoms with Gasteiger partial charge >= 0.3 is 6.09 Å². The summed E-state index contributed by atoms with van der Waals surface area (Å²) in [6.07, 6.45) is 0.726. The van der Waals surface area contributed by atoms with Crippen molar-refractivity contribution in [3.05, 3.63) is 66.2 Å². The summed E-state index contributed by atoms with van der Waals surface area (Å²) >= 11 is 0. The van der Waals surface area contributed by atoms with Crippen LogP contribution in [0.2, 0.25) is 0 Å². The number of nitrogens with zero attached hydrogens (tertiary/aromatic N) is 2. The fraction of sp³-hybridized carbons (Fsp3) is 0.462. The Hall–Kier alpha value is -2.91. The number of ether oxygens (including phenoxy) is 1. The summed E-state index contributed by atoms with van der Waals surface area (Å²) in [6, 6.07) is 17.4. The minimum absolute atomic E-state index is 0.102. The average molecular weight is 500 g/mol. The molecule has 2 saturated heterocycles. The maximum Gasteiger partial charge on any atom is 0.410 e. The van der Waals surface area contributed by atoms with Crippen LogP contribution in [0, 0.1) is 5.92 Å². The molecule has 2 aliphatic heterocycles. The van der Waals surface area contributed by atoms with Crippen molar-refractivity contribution in [2.24, 2.45) is 5.92 Å². The summed E-state index contributed by atoms with van der Waals surface area (Å²) in [5, 5.41) is 2.99. The molecule has 0 bridgehead atoms. The van der Waals surface area contributed by atoms with Gasteiger partial charge in [0.2, 0.25) is 15.9 Å². The topological polar surface area (TPSA) is 96.0 Å².